The third kappa shape index (κ3) is 6.11. The first-order chi connectivity index (χ1) is 21.7. The molecule has 4 heterocycles. The zero-order valence-electron chi connectivity index (χ0n) is 26.0. The number of aromatic nitrogens is 5. The lowest BCUT2D eigenvalue weighted by atomic mass is 9.86. The van der Waals surface area contributed by atoms with Gasteiger partial charge in [-0.15, -0.1) is 0 Å². The minimum Gasteiger partial charge on any atom is -0.384 e. The monoisotopic (exact) mass is 619 g/mol. The van der Waals surface area contributed by atoms with E-state index in [0.29, 0.717) is 40.6 Å². The number of rotatable bonds is 9. The van der Waals surface area contributed by atoms with Crippen LogP contribution in [0.25, 0.3) is 33.9 Å². The Morgan fingerprint density at radius 2 is 1.76 bits per heavy atom. The molecule has 1 aliphatic heterocycles. The molecular formula is C34H40F3N7O. The van der Waals surface area contributed by atoms with Gasteiger partial charge in [0.2, 0.25) is 0 Å². The van der Waals surface area contributed by atoms with E-state index in [2.05, 4.69) is 24.8 Å². The van der Waals surface area contributed by atoms with Crippen molar-refractivity contribution in [1.82, 2.24) is 24.9 Å². The highest BCUT2D eigenvalue weighted by Crippen LogP contribution is 2.47. The van der Waals surface area contributed by atoms with Gasteiger partial charge < -0.3 is 19.5 Å². The summed E-state index contributed by atoms with van der Waals surface area (Å²) < 4.78 is 48.3. The van der Waals surface area contributed by atoms with Crippen LogP contribution in [0.2, 0.25) is 0 Å². The number of fused-ring (bicyclic) bond motifs is 1. The molecule has 0 radical (unpaired) electrons. The topological polar surface area (TPSA) is 83.1 Å². The number of alkyl halides is 3. The summed E-state index contributed by atoms with van der Waals surface area (Å²) in [4.78, 5) is 26.8. The Morgan fingerprint density at radius 3 is 2.42 bits per heavy atom. The fourth-order valence-electron chi connectivity index (χ4n) is 7.35. The minimum absolute atomic E-state index is 0.00718. The number of nitrogens with one attached hydrogen (secondary N) is 1. The highest BCUT2D eigenvalue weighted by atomic mass is 19.4. The number of hydrogen-bond acceptors (Lipinski definition) is 7. The van der Waals surface area contributed by atoms with Crippen molar-refractivity contribution in [1.29, 1.82) is 0 Å². The number of anilines is 2. The van der Waals surface area contributed by atoms with Crippen molar-refractivity contribution >= 4 is 22.7 Å². The number of benzene rings is 1. The van der Waals surface area contributed by atoms with Crippen LogP contribution in [0.15, 0.2) is 36.7 Å². The van der Waals surface area contributed by atoms with Gasteiger partial charge in [-0.25, -0.2) is 19.9 Å². The third-order valence-electron chi connectivity index (χ3n) is 9.77. The molecule has 11 heteroatoms. The molecule has 0 amide bonds. The molecule has 1 saturated heterocycles. The van der Waals surface area contributed by atoms with Crippen molar-refractivity contribution in [3.8, 4) is 22.8 Å². The lowest BCUT2D eigenvalue weighted by Crippen LogP contribution is -2.37. The second-order valence-electron chi connectivity index (χ2n) is 13.2. The van der Waals surface area contributed by atoms with Crippen LogP contribution >= 0.6 is 0 Å². The number of H-pyrrole nitrogens is 1. The van der Waals surface area contributed by atoms with E-state index in [4.69, 9.17) is 14.7 Å². The van der Waals surface area contributed by atoms with Crippen molar-refractivity contribution in [2.45, 2.75) is 69.9 Å². The standard InChI is InChI=1S/C34H40F3N7O/c1-43(20-33(21-45-2)12-4-5-13-33)28-17-26(23-10-11-24(22-8-9-22)25(16-23)34(35,36)37)40-32-30(28)41-31(42-32)27-18-39-29(19-38-27)44-14-6-3-7-15-44/h10-11,16-19,22H,3-9,12-15,20-21H2,1-2H3,(H,40,41,42). The summed E-state index contributed by atoms with van der Waals surface area (Å²) in [7, 11) is 3.77. The summed E-state index contributed by atoms with van der Waals surface area (Å²) in [6.45, 7) is 3.35. The lowest BCUT2D eigenvalue weighted by molar-refractivity contribution is -0.138. The highest BCUT2D eigenvalue weighted by Gasteiger charge is 2.39. The van der Waals surface area contributed by atoms with E-state index in [0.717, 1.165) is 88.0 Å². The Labute approximate surface area is 261 Å². The van der Waals surface area contributed by atoms with Gasteiger partial charge in [0, 0.05) is 44.8 Å². The SMILES string of the molecule is COCC1(CN(C)c2cc(-c3ccc(C4CC4)c(C(F)(F)F)c3)nc3nc(-c4cnc(N5CCCCC5)cn4)[nH]c23)CCCC1. The van der Waals surface area contributed by atoms with Gasteiger partial charge in [0.1, 0.15) is 17.0 Å². The predicted molar refractivity (Wildman–Crippen MR) is 169 cm³/mol. The van der Waals surface area contributed by atoms with Gasteiger partial charge in [0.25, 0.3) is 0 Å². The zero-order valence-corrected chi connectivity index (χ0v) is 26.0. The van der Waals surface area contributed by atoms with Crippen molar-refractivity contribution < 1.29 is 17.9 Å². The lowest BCUT2D eigenvalue weighted by Gasteiger charge is -2.34. The maximum absolute atomic E-state index is 14.2. The summed E-state index contributed by atoms with van der Waals surface area (Å²) >= 11 is 0. The molecule has 1 aromatic carbocycles. The summed E-state index contributed by atoms with van der Waals surface area (Å²) in [6.07, 6.45) is 8.64. The molecule has 0 bridgehead atoms. The summed E-state index contributed by atoms with van der Waals surface area (Å²) in [6, 6.07) is 6.54. The molecule has 8 nitrogen and oxygen atoms in total. The average Bonchev–Trinajstić information content (AvgIpc) is 3.64. The number of aromatic amines is 1. The van der Waals surface area contributed by atoms with Gasteiger partial charge in [-0.05, 0) is 68.6 Å². The molecule has 3 fully saturated rings. The Bertz CT molecular complexity index is 1650. The van der Waals surface area contributed by atoms with Crippen LogP contribution in [-0.2, 0) is 10.9 Å². The van der Waals surface area contributed by atoms with E-state index in [1.165, 1.54) is 12.5 Å². The summed E-state index contributed by atoms with van der Waals surface area (Å²) in [5.74, 6) is 1.35. The molecule has 3 aliphatic rings. The van der Waals surface area contributed by atoms with Crippen LogP contribution in [0.1, 0.15) is 74.8 Å². The van der Waals surface area contributed by atoms with Crippen LogP contribution in [0, 0.1) is 5.41 Å². The molecule has 1 N–H and O–H groups in total. The molecule has 2 aliphatic carbocycles. The quantitative estimate of drug-likeness (QED) is 0.206. The summed E-state index contributed by atoms with van der Waals surface area (Å²) in [5.41, 5.74) is 3.25. The van der Waals surface area contributed by atoms with E-state index in [1.807, 2.05) is 13.1 Å². The molecule has 4 aromatic rings. The molecule has 0 unspecified atom stereocenters. The third-order valence-corrected chi connectivity index (χ3v) is 9.77. The second-order valence-corrected chi connectivity index (χ2v) is 13.2. The number of halogens is 3. The van der Waals surface area contributed by atoms with Crippen LogP contribution < -0.4 is 9.80 Å². The van der Waals surface area contributed by atoms with E-state index in [-0.39, 0.29) is 11.3 Å². The maximum Gasteiger partial charge on any atom is 0.416 e. The fraction of sp³-hybridized carbons (Fsp3) is 0.529. The molecule has 238 valence electrons. The van der Waals surface area contributed by atoms with Gasteiger partial charge in [0.05, 0.1) is 35.9 Å². The second kappa shape index (κ2) is 11.9. The number of ether oxygens (including phenoxy) is 1. The molecular weight excluding hydrogens is 579 g/mol. The van der Waals surface area contributed by atoms with Crippen LogP contribution in [0.5, 0.6) is 0 Å². The molecule has 0 atom stereocenters. The zero-order chi connectivity index (χ0) is 31.2. The van der Waals surface area contributed by atoms with Crippen molar-refractivity contribution in [2.24, 2.45) is 5.41 Å². The van der Waals surface area contributed by atoms with E-state index in [1.54, 1.807) is 31.6 Å². The number of pyridine rings is 1. The first-order valence-electron chi connectivity index (χ1n) is 16.1. The number of imidazole rings is 1. The van der Waals surface area contributed by atoms with Crippen LogP contribution in [0.4, 0.5) is 24.7 Å². The number of methoxy groups -OCH3 is 1. The van der Waals surface area contributed by atoms with Gasteiger partial charge >= 0.3 is 6.18 Å². The Balaban J connectivity index is 1.30. The Kier molecular flexibility index (Phi) is 7.91. The van der Waals surface area contributed by atoms with E-state index < -0.39 is 11.7 Å². The molecule has 7 rings (SSSR count). The first kappa shape index (κ1) is 30.0. The van der Waals surface area contributed by atoms with Crippen LogP contribution in [-0.4, -0.2) is 65.3 Å². The van der Waals surface area contributed by atoms with Gasteiger partial charge in [-0.3, -0.25) is 0 Å². The Hall–Kier alpha value is -3.73. The molecule has 3 aromatic heterocycles. The fourth-order valence-corrected chi connectivity index (χ4v) is 7.35. The highest BCUT2D eigenvalue weighted by molar-refractivity contribution is 5.91. The average molecular weight is 620 g/mol. The summed E-state index contributed by atoms with van der Waals surface area (Å²) in [5, 5.41) is 0. The molecule has 2 saturated carbocycles. The number of hydrogen-bond donors (Lipinski definition) is 1. The van der Waals surface area contributed by atoms with Crippen molar-refractivity contribution in [3.05, 3.63) is 47.8 Å². The Morgan fingerprint density at radius 1 is 0.978 bits per heavy atom. The predicted octanol–water partition coefficient (Wildman–Crippen LogP) is 7.61. The van der Waals surface area contributed by atoms with Gasteiger partial charge in [0.15, 0.2) is 11.5 Å². The van der Waals surface area contributed by atoms with E-state index in [9.17, 15) is 13.2 Å². The molecule has 45 heavy (non-hydrogen) atoms. The van der Waals surface area contributed by atoms with Crippen LogP contribution in [0.3, 0.4) is 0 Å². The number of piperidine rings is 1. The number of nitrogens with zero attached hydrogens (tertiary/aromatic N) is 6. The van der Waals surface area contributed by atoms with Crippen molar-refractivity contribution in [3.63, 3.8) is 0 Å². The normalized spacial score (nSPS) is 18.6. The maximum atomic E-state index is 14.2. The van der Waals surface area contributed by atoms with E-state index >= 15 is 0 Å². The minimum atomic E-state index is -4.44. The van der Waals surface area contributed by atoms with Crippen molar-refractivity contribution in [2.75, 3.05) is 50.2 Å². The smallest absolute Gasteiger partial charge is 0.384 e. The largest absolute Gasteiger partial charge is 0.416 e. The first-order valence-corrected chi connectivity index (χ1v) is 16.1. The van der Waals surface area contributed by atoms with Gasteiger partial charge in [-0.2, -0.15) is 13.2 Å². The molecule has 0 spiro atoms. The van der Waals surface area contributed by atoms with Gasteiger partial charge in [-0.1, -0.05) is 25.0 Å².